The molecule has 4 heterocycles. The number of anilines is 2. The van der Waals surface area contributed by atoms with E-state index in [0.29, 0.717) is 144 Å². The molecule has 3 amide bonds. The lowest BCUT2D eigenvalue weighted by Gasteiger charge is -2.39. The summed E-state index contributed by atoms with van der Waals surface area (Å²) in [5, 5.41) is 89.1. The first-order valence-corrected chi connectivity index (χ1v) is 34.9. The van der Waals surface area contributed by atoms with Crippen LogP contribution in [0.5, 0.6) is 17.2 Å². The van der Waals surface area contributed by atoms with Crippen molar-refractivity contribution in [1.82, 2.24) is 5.32 Å². The van der Waals surface area contributed by atoms with Gasteiger partial charge in [0.05, 0.1) is 117 Å². The number of benzene rings is 5. The summed E-state index contributed by atoms with van der Waals surface area (Å²) in [6, 6.07) is 23.1. The number of carbonyl (C=O) groups excluding carboxylic acids is 4. The molecule has 4 aliphatic heterocycles. The monoisotopic (exact) mass is 1450 g/mol. The molecule has 2 fully saturated rings. The number of rotatable bonds is 42. The number of amides is 3. The third-order valence-electron chi connectivity index (χ3n) is 17.5. The van der Waals surface area contributed by atoms with E-state index < -0.39 is 86.4 Å². The zero-order chi connectivity index (χ0) is 71.6. The average molecular weight is 1450 g/mol. The number of aldehydes is 1. The second-order valence-electron chi connectivity index (χ2n) is 24.3. The van der Waals surface area contributed by atoms with Crippen molar-refractivity contribution >= 4 is 92.3 Å². The first kappa shape index (κ1) is 78.6. The highest BCUT2D eigenvalue weighted by Gasteiger charge is 2.47. The van der Waals surface area contributed by atoms with E-state index in [-0.39, 0.29) is 80.5 Å². The van der Waals surface area contributed by atoms with Crippen LogP contribution >= 0.6 is 23.2 Å². The second-order valence-corrected chi connectivity index (χ2v) is 24.9. The number of unbranched alkanes of at least 4 members (excludes halogenated alkanes) is 2. The molecule has 4 aliphatic rings. The molecular weight excluding hydrogens is 1360 g/mol. The number of carbonyl (C=O) groups is 4. The third-order valence-corrected chi connectivity index (χ3v) is 18.2. The van der Waals surface area contributed by atoms with E-state index in [2.05, 4.69) is 5.32 Å². The Morgan fingerprint density at radius 2 is 0.931 bits per heavy atom. The van der Waals surface area contributed by atoms with Crippen LogP contribution in [0.3, 0.4) is 0 Å². The van der Waals surface area contributed by atoms with Crippen LogP contribution in [-0.2, 0) is 61.8 Å². The number of nitrogens with zero attached hydrogens (tertiary/aromatic N) is 2. The SMILES string of the molecule is O=CCCCCC(=O)NCCOCCOCCOCCOCCOCCOCCOCCOc1cc(/C=C/C(=O)N2C[C@@H](CCl)c3c2cc(O[C@@H]2O[C@H](CO)[C@H](O)[C@H](O)[C@H]2O)c2ccccc32)ccc1/C=C/C(=O)N1C[C@@H](CCl)c2c1cc(O[C@@H]1O[C@H](CO)[C@H](O)[C@H](O)[C@H]1O)c1ccccc21. The van der Waals surface area contributed by atoms with Crippen LogP contribution in [0.2, 0.25) is 0 Å². The maximum Gasteiger partial charge on any atom is 0.251 e. The fourth-order valence-electron chi connectivity index (χ4n) is 12.2. The Morgan fingerprint density at radius 1 is 0.505 bits per heavy atom. The van der Waals surface area contributed by atoms with Gasteiger partial charge in [-0.05, 0) is 58.5 Å². The Hall–Kier alpha value is -6.52. The molecule has 0 aromatic heterocycles. The minimum atomic E-state index is -1.69. The quantitative estimate of drug-likeness (QED) is 0.0117. The van der Waals surface area contributed by atoms with E-state index in [1.54, 1.807) is 76.5 Å². The van der Waals surface area contributed by atoms with Crippen LogP contribution in [0.4, 0.5) is 11.4 Å². The summed E-state index contributed by atoms with van der Waals surface area (Å²) in [7, 11) is 0. The van der Waals surface area contributed by atoms with E-state index >= 15 is 0 Å². The Morgan fingerprint density at radius 3 is 1.37 bits per heavy atom. The molecule has 12 atom stereocenters. The van der Waals surface area contributed by atoms with Crippen LogP contribution in [0.25, 0.3) is 33.7 Å². The highest BCUT2D eigenvalue weighted by atomic mass is 35.5. The molecule has 0 saturated carbocycles. The molecule has 0 bridgehead atoms. The Labute approximate surface area is 594 Å². The number of aliphatic hydroxyl groups excluding tert-OH is 8. The normalized spacial score (nSPS) is 23.5. The zero-order valence-electron chi connectivity index (χ0n) is 56.0. The fourth-order valence-corrected chi connectivity index (χ4v) is 12.7. The molecule has 9 rings (SSSR count). The summed E-state index contributed by atoms with van der Waals surface area (Å²) in [6.07, 6.45) is -6.28. The molecule has 27 nitrogen and oxygen atoms in total. The molecule has 2 saturated heterocycles. The lowest BCUT2D eigenvalue weighted by molar-refractivity contribution is -0.277. The third kappa shape index (κ3) is 21.1. The number of alkyl halides is 2. The maximum absolute atomic E-state index is 14.6. The standard InChI is InChI=1S/C72H91Cl2N3O24/c73-39-47-41-76(53-37-56(49-8-3-5-10-51(49)63(47)53)98-71-69(88)67(86)65(84)58(43-79)100-71)61(82)17-14-45-13-15-46(16-18-62(83)77-42-48(40-74)64-52-11-6-4-9-50(52)57(38-54(64)77)99-72-70(89)68(87)66(85)59(44-80)101-72)55(36-45)97-35-34-96-33-32-95-31-30-94-29-28-93-27-26-92-25-24-91-23-22-90-21-19-75-60(81)12-2-1-7-20-78/h3-6,8-11,13-18,20,36-38,47-48,58-59,65-72,79-80,84-89H,1-2,7,12,19,21-35,39-44H2,(H,75,81)/b17-14+,18-16+/t47-,48-,58-,59-,65+,66+,67+,68+,69-,70-,71-,72-/m1/s1. The maximum atomic E-state index is 14.6. The lowest BCUT2D eigenvalue weighted by Crippen LogP contribution is -2.60. The molecule has 29 heteroatoms. The van der Waals surface area contributed by atoms with E-state index in [1.807, 2.05) is 24.3 Å². The summed E-state index contributed by atoms with van der Waals surface area (Å²) in [6.45, 7) is 4.44. The number of fused-ring (bicyclic) bond motifs is 6. The Kier molecular flexibility index (Phi) is 31.5. The predicted molar refractivity (Wildman–Crippen MR) is 372 cm³/mol. The van der Waals surface area contributed by atoms with Gasteiger partial charge in [0.25, 0.3) is 11.8 Å². The first-order chi connectivity index (χ1) is 49.2. The van der Waals surface area contributed by atoms with Gasteiger partial charge in [-0.15, -0.1) is 23.2 Å². The summed E-state index contributed by atoms with van der Waals surface area (Å²) in [5.74, 6) is -0.411. The van der Waals surface area contributed by atoms with E-state index in [1.165, 1.54) is 12.2 Å². The van der Waals surface area contributed by atoms with Gasteiger partial charge in [-0.1, -0.05) is 60.7 Å². The van der Waals surface area contributed by atoms with Gasteiger partial charge in [0, 0.05) is 96.7 Å². The van der Waals surface area contributed by atoms with Crippen molar-refractivity contribution in [2.75, 3.05) is 154 Å². The van der Waals surface area contributed by atoms with E-state index in [9.17, 15) is 60.0 Å². The molecule has 101 heavy (non-hydrogen) atoms. The van der Waals surface area contributed by atoms with Crippen molar-refractivity contribution in [1.29, 1.82) is 0 Å². The average Bonchev–Trinajstić information content (AvgIpc) is 1.64. The van der Waals surface area contributed by atoms with Gasteiger partial charge in [-0.2, -0.15) is 0 Å². The van der Waals surface area contributed by atoms with Crippen molar-refractivity contribution in [3.8, 4) is 17.2 Å². The topological polar surface area (TPSA) is 359 Å². The summed E-state index contributed by atoms with van der Waals surface area (Å²) in [5.41, 5.74) is 3.59. The summed E-state index contributed by atoms with van der Waals surface area (Å²) >= 11 is 13.2. The molecule has 0 aliphatic carbocycles. The zero-order valence-corrected chi connectivity index (χ0v) is 57.5. The van der Waals surface area contributed by atoms with Crippen LogP contribution in [0.1, 0.15) is 59.8 Å². The van der Waals surface area contributed by atoms with Crippen LogP contribution in [0, 0.1) is 0 Å². The van der Waals surface area contributed by atoms with Crippen molar-refractivity contribution in [3.63, 3.8) is 0 Å². The Bertz CT molecular complexity index is 3530. The smallest absolute Gasteiger partial charge is 0.251 e. The first-order valence-electron chi connectivity index (χ1n) is 33.9. The minimum Gasteiger partial charge on any atom is -0.491 e. The van der Waals surface area contributed by atoms with Gasteiger partial charge in [0.2, 0.25) is 18.5 Å². The van der Waals surface area contributed by atoms with Crippen LogP contribution in [-0.4, -0.2) is 270 Å². The summed E-state index contributed by atoms with van der Waals surface area (Å²) < 4.78 is 69.4. The number of hydrogen-bond donors (Lipinski definition) is 9. The minimum absolute atomic E-state index is 0.0551. The van der Waals surface area contributed by atoms with Crippen LogP contribution in [0.15, 0.2) is 91.0 Å². The number of aliphatic hydroxyl groups is 8. The highest BCUT2D eigenvalue weighted by Crippen LogP contribution is 2.48. The van der Waals surface area contributed by atoms with Gasteiger partial charge >= 0.3 is 0 Å². The van der Waals surface area contributed by atoms with Gasteiger partial charge in [0.15, 0.2) is 0 Å². The van der Waals surface area contributed by atoms with Crippen LogP contribution < -0.4 is 29.3 Å². The number of ether oxygens (including phenoxy) is 12. The van der Waals surface area contributed by atoms with Gasteiger partial charge < -0.3 is 118 Å². The second kappa shape index (κ2) is 40.5. The number of halogens is 2. The molecule has 0 unspecified atom stereocenters. The molecule has 0 radical (unpaired) electrons. The van der Waals surface area contributed by atoms with Crippen molar-refractivity contribution in [2.24, 2.45) is 0 Å². The number of hydrogen-bond acceptors (Lipinski definition) is 24. The van der Waals surface area contributed by atoms with Gasteiger partial charge in [-0.3, -0.25) is 14.4 Å². The van der Waals surface area contributed by atoms with E-state index in [0.717, 1.165) is 28.2 Å². The van der Waals surface area contributed by atoms with Crippen molar-refractivity contribution in [3.05, 3.63) is 113 Å². The number of nitrogens with one attached hydrogen (secondary N) is 1. The summed E-state index contributed by atoms with van der Waals surface area (Å²) in [4.78, 5) is 54.2. The van der Waals surface area contributed by atoms with Gasteiger partial charge in [-0.25, -0.2) is 0 Å². The predicted octanol–water partition coefficient (Wildman–Crippen LogP) is 3.49. The molecule has 9 N–H and O–H groups in total. The largest absolute Gasteiger partial charge is 0.491 e. The lowest BCUT2D eigenvalue weighted by atomic mass is 9.95. The molecule has 5 aromatic carbocycles. The molecule has 5 aromatic rings. The Balaban J connectivity index is 0.794. The molecule has 552 valence electrons. The van der Waals surface area contributed by atoms with Gasteiger partial charge in [0.1, 0.15) is 79.0 Å². The highest BCUT2D eigenvalue weighted by molar-refractivity contribution is 6.20. The van der Waals surface area contributed by atoms with Crippen molar-refractivity contribution in [2.45, 2.75) is 98.9 Å². The fraction of sp³-hybridized carbons (Fsp3) is 0.528. The molecular formula is C72H91Cl2N3O24. The van der Waals surface area contributed by atoms with E-state index in [4.69, 9.17) is 80.0 Å². The van der Waals surface area contributed by atoms with Crippen molar-refractivity contribution < 1.29 is 117 Å². The molecule has 0 spiro atoms.